The molecule has 0 aliphatic carbocycles. The van der Waals surface area contributed by atoms with Gasteiger partial charge in [0.15, 0.2) is 11.6 Å². The quantitative estimate of drug-likeness (QED) is 0.0800. The zero-order valence-electron chi connectivity index (χ0n) is 25.7. The van der Waals surface area contributed by atoms with Gasteiger partial charge in [0.1, 0.15) is 5.75 Å². The highest BCUT2D eigenvalue weighted by atomic mass is 28.3. The SMILES string of the molecule is CCCCCCCCOc1ccc(-c2ccc(-c3ccc(OCCCC[Si](C)(C)CCC(F)(F)F)c(F)c3F)cc2)cc1. The predicted molar refractivity (Wildman–Crippen MR) is 169 cm³/mol. The summed E-state index contributed by atoms with van der Waals surface area (Å²) >= 11 is 0. The molecular weight excluding hydrogens is 575 g/mol. The molecule has 0 aromatic heterocycles. The van der Waals surface area contributed by atoms with Gasteiger partial charge in [0.05, 0.1) is 13.2 Å². The minimum atomic E-state index is -4.13. The first kappa shape index (κ1) is 34.6. The average Bonchev–Trinajstić information content (AvgIpc) is 2.98. The molecule has 0 N–H and O–H groups in total. The summed E-state index contributed by atoms with van der Waals surface area (Å²) in [5.41, 5.74) is 2.65. The highest BCUT2D eigenvalue weighted by Gasteiger charge is 2.31. The molecule has 2 nitrogen and oxygen atoms in total. The van der Waals surface area contributed by atoms with Crippen LogP contribution in [-0.4, -0.2) is 27.5 Å². The van der Waals surface area contributed by atoms with E-state index >= 15 is 0 Å². The van der Waals surface area contributed by atoms with E-state index in [1.807, 2.05) is 49.5 Å². The smallest absolute Gasteiger partial charge is 0.388 e. The Kier molecular flexibility index (Phi) is 13.6. The molecule has 0 bridgehead atoms. The Hall–Kier alpha value is -2.87. The fourth-order valence-corrected chi connectivity index (χ4v) is 7.43. The van der Waals surface area contributed by atoms with Crippen LogP contribution in [0.4, 0.5) is 22.0 Å². The summed E-state index contributed by atoms with van der Waals surface area (Å²) in [4.78, 5) is 0. The maximum absolute atomic E-state index is 15.0. The molecule has 0 spiro atoms. The van der Waals surface area contributed by atoms with E-state index in [0.29, 0.717) is 25.0 Å². The molecule has 0 atom stereocenters. The first-order valence-corrected chi connectivity index (χ1v) is 18.9. The molecule has 3 aromatic rings. The van der Waals surface area contributed by atoms with Crippen LogP contribution in [-0.2, 0) is 0 Å². The van der Waals surface area contributed by atoms with Gasteiger partial charge in [0, 0.05) is 20.1 Å². The van der Waals surface area contributed by atoms with Crippen molar-refractivity contribution in [2.45, 2.75) is 96.1 Å². The van der Waals surface area contributed by atoms with E-state index < -0.39 is 32.3 Å². The normalized spacial score (nSPS) is 12.0. The molecule has 8 heteroatoms. The van der Waals surface area contributed by atoms with Gasteiger partial charge in [0.2, 0.25) is 5.82 Å². The van der Waals surface area contributed by atoms with Crippen LogP contribution in [0.1, 0.15) is 64.7 Å². The molecule has 0 fully saturated rings. The number of ether oxygens (including phenoxy) is 2. The molecule has 0 heterocycles. The van der Waals surface area contributed by atoms with Crippen LogP contribution >= 0.6 is 0 Å². The molecule has 43 heavy (non-hydrogen) atoms. The number of hydrogen-bond donors (Lipinski definition) is 0. The molecule has 3 aromatic carbocycles. The van der Waals surface area contributed by atoms with Crippen LogP contribution in [0, 0.1) is 11.6 Å². The maximum atomic E-state index is 15.0. The van der Waals surface area contributed by atoms with Crippen molar-refractivity contribution in [2.75, 3.05) is 13.2 Å². The van der Waals surface area contributed by atoms with Gasteiger partial charge in [-0.3, -0.25) is 0 Å². The standard InChI is InChI=1S/C35H45F5O2Si/c1-4-5-6-7-8-9-23-41-30-18-16-28(17-19-30)27-12-14-29(15-13-27)31-20-21-32(34(37)33(31)36)42-24-10-11-25-43(2,3)26-22-35(38,39)40/h12-21H,4-11,22-26H2,1-3H3. The minimum absolute atomic E-state index is 0.146. The van der Waals surface area contributed by atoms with Crippen LogP contribution in [0.15, 0.2) is 60.7 Å². The van der Waals surface area contributed by atoms with Crippen LogP contribution in [0.2, 0.25) is 25.2 Å². The van der Waals surface area contributed by atoms with Crippen LogP contribution in [0.5, 0.6) is 11.5 Å². The van der Waals surface area contributed by atoms with Gasteiger partial charge in [-0.25, -0.2) is 4.39 Å². The summed E-state index contributed by atoms with van der Waals surface area (Å²) in [7, 11) is -1.96. The molecular formula is C35H45F5O2Si. The second-order valence-electron chi connectivity index (χ2n) is 12.0. The van der Waals surface area contributed by atoms with Gasteiger partial charge in [0.25, 0.3) is 0 Å². The fourth-order valence-electron chi connectivity index (χ4n) is 5.02. The third kappa shape index (κ3) is 12.0. The van der Waals surface area contributed by atoms with Crippen molar-refractivity contribution in [3.05, 3.63) is 72.3 Å². The Labute approximate surface area is 254 Å². The van der Waals surface area contributed by atoms with Crippen molar-refractivity contribution < 1.29 is 31.4 Å². The van der Waals surface area contributed by atoms with E-state index in [4.69, 9.17) is 9.47 Å². The highest BCUT2D eigenvalue weighted by molar-refractivity contribution is 6.77. The van der Waals surface area contributed by atoms with E-state index in [1.54, 1.807) is 12.1 Å². The molecule has 0 aliphatic heterocycles. The van der Waals surface area contributed by atoms with Crippen molar-refractivity contribution in [1.82, 2.24) is 0 Å². The topological polar surface area (TPSA) is 18.5 Å². The second kappa shape index (κ2) is 16.8. The van der Waals surface area contributed by atoms with Gasteiger partial charge < -0.3 is 9.47 Å². The number of benzene rings is 3. The number of halogens is 5. The zero-order chi connectivity index (χ0) is 31.3. The Balaban J connectivity index is 1.48. The van der Waals surface area contributed by atoms with Crippen molar-refractivity contribution in [1.29, 1.82) is 0 Å². The zero-order valence-corrected chi connectivity index (χ0v) is 26.7. The first-order chi connectivity index (χ1) is 20.5. The second-order valence-corrected chi connectivity index (χ2v) is 17.4. The Morgan fingerprint density at radius 2 is 1.16 bits per heavy atom. The molecule has 0 amide bonds. The van der Waals surface area contributed by atoms with Gasteiger partial charge >= 0.3 is 6.18 Å². The van der Waals surface area contributed by atoms with Crippen molar-refractivity contribution in [3.8, 4) is 33.8 Å². The molecule has 0 saturated heterocycles. The fraction of sp³-hybridized carbons (Fsp3) is 0.486. The number of rotatable bonds is 18. The van der Waals surface area contributed by atoms with Crippen molar-refractivity contribution in [2.24, 2.45) is 0 Å². The lowest BCUT2D eigenvalue weighted by Crippen LogP contribution is -2.27. The van der Waals surface area contributed by atoms with Gasteiger partial charge in [-0.15, -0.1) is 0 Å². The summed E-state index contributed by atoms with van der Waals surface area (Å²) in [6.07, 6.45) is 3.70. The molecule has 236 valence electrons. The van der Waals surface area contributed by atoms with E-state index in [9.17, 15) is 22.0 Å². The van der Waals surface area contributed by atoms with E-state index in [2.05, 4.69) is 6.92 Å². The van der Waals surface area contributed by atoms with Crippen LogP contribution in [0.25, 0.3) is 22.3 Å². The van der Waals surface area contributed by atoms with E-state index in [1.165, 1.54) is 44.2 Å². The Morgan fingerprint density at radius 1 is 0.605 bits per heavy atom. The molecule has 0 saturated carbocycles. The van der Waals surface area contributed by atoms with Crippen LogP contribution in [0.3, 0.4) is 0 Å². The van der Waals surface area contributed by atoms with Gasteiger partial charge in [-0.2, -0.15) is 17.6 Å². The Bertz CT molecular complexity index is 1240. The first-order valence-electron chi connectivity index (χ1n) is 15.5. The van der Waals surface area contributed by atoms with Crippen LogP contribution < -0.4 is 9.47 Å². The monoisotopic (exact) mass is 620 g/mol. The van der Waals surface area contributed by atoms with Crippen molar-refractivity contribution >= 4 is 8.07 Å². The van der Waals surface area contributed by atoms with E-state index in [0.717, 1.165) is 29.3 Å². The Morgan fingerprint density at radius 3 is 1.81 bits per heavy atom. The largest absolute Gasteiger partial charge is 0.494 e. The highest BCUT2D eigenvalue weighted by Crippen LogP contribution is 2.33. The lowest BCUT2D eigenvalue weighted by molar-refractivity contribution is -0.130. The maximum Gasteiger partial charge on any atom is 0.388 e. The molecule has 3 rings (SSSR count). The lowest BCUT2D eigenvalue weighted by atomic mass is 9.99. The third-order valence-electron chi connectivity index (χ3n) is 7.79. The number of unbranched alkanes of at least 4 members (excludes halogenated alkanes) is 6. The summed E-state index contributed by atoms with van der Waals surface area (Å²) in [5, 5.41) is 0. The predicted octanol–water partition coefficient (Wildman–Crippen LogP) is 11.9. The number of alkyl halides is 3. The molecule has 0 unspecified atom stereocenters. The van der Waals surface area contributed by atoms with Gasteiger partial charge in [-0.05, 0) is 59.8 Å². The van der Waals surface area contributed by atoms with E-state index in [-0.39, 0.29) is 24.0 Å². The summed E-state index contributed by atoms with van der Waals surface area (Å²) in [6, 6.07) is 19.0. The molecule has 0 radical (unpaired) electrons. The summed E-state index contributed by atoms with van der Waals surface area (Å²) in [5.74, 6) is -1.35. The minimum Gasteiger partial charge on any atom is -0.494 e. The summed E-state index contributed by atoms with van der Waals surface area (Å²) < 4.78 is 78.7. The van der Waals surface area contributed by atoms with Crippen molar-refractivity contribution in [3.63, 3.8) is 0 Å². The molecule has 0 aliphatic rings. The number of hydrogen-bond acceptors (Lipinski definition) is 2. The third-order valence-corrected chi connectivity index (χ3v) is 11.1. The van der Waals surface area contributed by atoms with Gasteiger partial charge in [-0.1, -0.05) is 101 Å². The lowest BCUT2D eigenvalue weighted by Gasteiger charge is -2.23. The average molecular weight is 621 g/mol. The summed E-state index contributed by atoms with van der Waals surface area (Å²) in [6.45, 7) is 6.99.